The minimum absolute atomic E-state index is 0.0680. The van der Waals surface area contributed by atoms with Gasteiger partial charge < -0.3 is 4.74 Å². The molecule has 3 nitrogen and oxygen atoms in total. The van der Waals surface area contributed by atoms with Crippen LogP contribution in [0.15, 0.2) is 0 Å². The first kappa shape index (κ1) is 9.52. The Morgan fingerprint density at radius 1 is 1.58 bits per heavy atom. The summed E-state index contributed by atoms with van der Waals surface area (Å²) < 4.78 is 5.13. The molecule has 1 aliphatic heterocycles. The van der Waals surface area contributed by atoms with Crippen LogP contribution in [0.3, 0.4) is 0 Å². The lowest BCUT2D eigenvalue weighted by Crippen LogP contribution is -2.45. The first-order valence-corrected chi connectivity index (χ1v) is 4.68. The number of esters is 1. The molecule has 1 atom stereocenters. The standard InChI is InChI=1S/C9H17NO2/c1-3-5-10-6-8(4-2)12-9(11)7-10/h8H,3-7H2,1-2H3/t8-/m0/s1. The fraction of sp³-hybridized carbons (Fsp3) is 0.889. The van der Waals surface area contributed by atoms with Gasteiger partial charge in [0, 0.05) is 6.54 Å². The van der Waals surface area contributed by atoms with Crippen molar-refractivity contribution in [2.45, 2.75) is 32.8 Å². The van der Waals surface area contributed by atoms with E-state index in [9.17, 15) is 4.79 Å². The highest BCUT2D eigenvalue weighted by Crippen LogP contribution is 2.09. The molecule has 1 rings (SSSR count). The Hall–Kier alpha value is -0.570. The van der Waals surface area contributed by atoms with E-state index in [0.717, 1.165) is 25.9 Å². The summed E-state index contributed by atoms with van der Waals surface area (Å²) in [5.74, 6) is -0.0680. The molecule has 0 aromatic carbocycles. The second-order valence-electron chi connectivity index (χ2n) is 3.26. The number of nitrogens with zero attached hydrogens (tertiary/aromatic N) is 1. The van der Waals surface area contributed by atoms with Crippen LogP contribution in [0.1, 0.15) is 26.7 Å². The number of hydrogen-bond acceptors (Lipinski definition) is 3. The van der Waals surface area contributed by atoms with Gasteiger partial charge in [-0.1, -0.05) is 13.8 Å². The molecule has 0 saturated carbocycles. The molecular weight excluding hydrogens is 154 g/mol. The van der Waals surface area contributed by atoms with Crippen LogP contribution in [0.2, 0.25) is 0 Å². The van der Waals surface area contributed by atoms with Crippen LogP contribution >= 0.6 is 0 Å². The Morgan fingerprint density at radius 2 is 2.33 bits per heavy atom. The molecular formula is C9H17NO2. The molecule has 0 radical (unpaired) electrons. The number of cyclic esters (lactones) is 1. The Morgan fingerprint density at radius 3 is 2.92 bits per heavy atom. The summed E-state index contributed by atoms with van der Waals surface area (Å²) in [5, 5.41) is 0. The first-order chi connectivity index (χ1) is 5.76. The Balaban J connectivity index is 2.39. The van der Waals surface area contributed by atoms with Crippen molar-refractivity contribution in [2.24, 2.45) is 0 Å². The van der Waals surface area contributed by atoms with Crippen molar-refractivity contribution in [2.75, 3.05) is 19.6 Å². The summed E-state index contributed by atoms with van der Waals surface area (Å²) in [4.78, 5) is 13.2. The maximum atomic E-state index is 11.1. The van der Waals surface area contributed by atoms with Gasteiger partial charge in [0.1, 0.15) is 6.10 Å². The van der Waals surface area contributed by atoms with Gasteiger partial charge in [-0.25, -0.2) is 0 Å². The molecule has 0 spiro atoms. The van der Waals surface area contributed by atoms with E-state index in [2.05, 4.69) is 11.8 Å². The predicted octanol–water partition coefficient (Wildman–Crippen LogP) is 1.03. The molecule has 1 aliphatic rings. The van der Waals surface area contributed by atoms with Crippen molar-refractivity contribution in [1.82, 2.24) is 4.90 Å². The minimum Gasteiger partial charge on any atom is -0.460 e. The summed E-state index contributed by atoms with van der Waals surface area (Å²) in [6, 6.07) is 0. The third-order valence-electron chi connectivity index (χ3n) is 2.11. The zero-order chi connectivity index (χ0) is 8.97. The first-order valence-electron chi connectivity index (χ1n) is 4.68. The monoisotopic (exact) mass is 171 g/mol. The maximum absolute atomic E-state index is 11.1. The number of hydrogen-bond donors (Lipinski definition) is 0. The van der Waals surface area contributed by atoms with E-state index in [1.807, 2.05) is 6.92 Å². The van der Waals surface area contributed by atoms with Gasteiger partial charge in [-0.3, -0.25) is 9.69 Å². The van der Waals surface area contributed by atoms with Crippen LogP contribution in [0.25, 0.3) is 0 Å². The van der Waals surface area contributed by atoms with E-state index in [-0.39, 0.29) is 12.1 Å². The van der Waals surface area contributed by atoms with Crippen LogP contribution in [0.4, 0.5) is 0 Å². The Labute approximate surface area is 73.7 Å². The molecule has 0 aromatic heterocycles. The molecule has 1 heterocycles. The molecule has 3 heteroatoms. The lowest BCUT2D eigenvalue weighted by atomic mass is 10.2. The van der Waals surface area contributed by atoms with Crippen molar-refractivity contribution >= 4 is 5.97 Å². The van der Waals surface area contributed by atoms with Crippen LogP contribution in [0, 0.1) is 0 Å². The average molecular weight is 171 g/mol. The average Bonchev–Trinajstić information content (AvgIpc) is 2.04. The molecule has 0 bridgehead atoms. The molecule has 1 saturated heterocycles. The Kier molecular flexibility index (Phi) is 3.53. The molecule has 0 N–H and O–H groups in total. The summed E-state index contributed by atoms with van der Waals surface area (Å²) in [7, 11) is 0. The van der Waals surface area contributed by atoms with Crippen molar-refractivity contribution in [1.29, 1.82) is 0 Å². The molecule has 12 heavy (non-hydrogen) atoms. The normalized spacial score (nSPS) is 25.5. The minimum atomic E-state index is -0.0680. The second kappa shape index (κ2) is 4.45. The van der Waals surface area contributed by atoms with E-state index in [1.165, 1.54) is 0 Å². The number of carbonyl (C=O) groups is 1. The van der Waals surface area contributed by atoms with Gasteiger partial charge in [-0.2, -0.15) is 0 Å². The third-order valence-corrected chi connectivity index (χ3v) is 2.11. The van der Waals surface area contributed by atoms with E-state index in [0.29, 0.717) is 6.54 Å². The topological polar surface area (TPSA) is 29.5 Å². The van der Waals surface area contributed by atoms with E-state index >= 15 is 0 Å². The van der Waals surface area contributed by atoms with Crippen LogP contribution < -0.4 is 0 Å². The summed E-state index contributed by atoms with van der Waals surface area (Å²) in [6.45, 7) is 6.57. The van der Waals surface area contributed by atoms with Crippen molar-refractivity contribution < 1.29 is 9.53 Å². The fourth-order valence-electron chi connectivity index (χ4n) is 1.49. The highest BCUT2D eigenvalue weighted by Gasteiger charge is 2.24. The predicted molar refractivity (Wildman–Crippen MR) is 46.9 cm³/mol. The summed E-state index contributed by atoms with van der Waals surface area (Å²) in [6.07, 6.45) is 2.15. The highest BCUT2D eigenvalue weighted by molar-refractivity contribution is 5.72. The van der Waals surface area contributed by atoms with Crippen molar-refractivity contribution in [3.05, 3.63) is 0 Å². The molecule has 1 fully saturated rings. The maximum Gasteiger partial charge on any atom is 0.320 e. The molecule has 0 aromatic rings. The highest BCUT2D eigenvalue weighted by atomic mass is 16.5. The number of morpholine rings is 1. The molecule has 0 aliphatic carbocycles. The van der Waals surface area contributed by atoms with Crippen LogP contribution in [0.5, 0.6) is 0 Å². The van der Waals surface area contributed by atoms with Crippen LogP contribution in [-0.4, -0.2) is 36.6 Å². The van der Waals surface area contributed by atoms with E-state index < -0.39 is 0 Å². The van der Waals surface area contributed by atoms with Crippen molar-refractivity contribution in [3.8, 4) is 0 Å². The van der Waals surface area contributed by atoms with E-state index in [1.54, 1.807) is 0 Å². The van der Waals surface area contributed by atoms with Crippen LogP contribution in [-0.2, 0) is 9.53 Å². The lowest BCUT2D eigenvalue weighted by Gasteiger charge is -2.31. The van der Waals surface area contributed by atoms with Gasteiger partial charge in [0.05, 0.1) is 6.54 Å². The molecule has 70 valence electrons. The Bertz CT molecular complexity index is 159. The SMILES string of the molecule is CCCN1CC(=O)O[C@@H](CC)C1. The summed E-state index contributed by atoms with van der Waals surface area (Å²) >= 11 is 0. The molecule has 0 unspecified atom stereocenters. The fourth-order valence-corrected chi connectivity index (χ4v) is 1.49. The quantitative estimate of drug-likeness (QED) is 0.594. The number of ether oxygens (including phenoxy) is 1. The number of carbonyl (C=O) groups excluding carboxylic acids is 1. The van der Waals surface area contributed by atoms with Gasteiger partial charge in [0.2, 0.25) is 0 Å². The smallest absolute Gasteiger partial charge is 0.320 e. The van der Waals surface area contributed by atoms with Gasteiger partial charge in [-0.15, -0.1) is 0 Å². The molecule has 0 amide bonds. The van der Waals surface area contributed by atoms with Gasteiger partial charge in [-0.05, 0) is 19.4 Å². The third kappa shape index (κ3) is 2.48. The summed E-state index contributed by atoms with van der Waals surface area (Å²) in [5.41, 5.74) is 0. The van der Waals surface area contributed by atoms with Crippen molar-refractivity contribution in [3.63, 3.8) is 0 Å². The number of rotatable bonds is 3. The zero-order valence-corrected chi connectivity index (χ0v) is 7.88. The van der Waals surface area contributed by atoms with E-state index in [4.69, 9.17) is 4.74 Å². The van der Waals surface area contributed by atoms with Gasteiger partial charge >= 0.3 is 5.97 Å². The lowest BCUT2D eigenvalue weighted by molar-refractivity contribution is -0.158. The van der Waals surface area contributed by atoms with Gasteiger partial charge in [0.25, 0.3) is 0 Å². The zero-order valence-electron chi connectivity index (χ0n) is 7.88. The van der Waals surface area contributed by atoms with Gasteiger partial charge in [0.15, 0.2) is 0 Å². The largest absolute Gasteiger partial charge is 0.460 e. The second-order valence-corrected chi connectivity index (χ2v) is 3.26.